The minimum absolute atomic E-state index is 0.160. The molecule has 1 unspecified atom stereocenters. The molecule has 0 aromatic heterocycles. The normalized spacial score (nSPS) is 35.8. The Labute approximate surface area is 61.6 Å². The molecule has 0 aromatic carbocycles. The molecule has 0 amide bonds. The maximum Gasteiger partial charge on any atom is 0.170 e. The van der Waals surface area contributed by atoms with Crippen LogP contribution in [0.1, 0.15) is 6.92 Å². The number of rotatable bonds is 0. The minimum Gasteiger partial charge on any atom is -0.412 e. The largest absolute Gasteiger partial charge is 0.412 e. The van der Waals surface area contributed by atoms with Gasteiger partial charge >= 0.3 is 0 Å². The number of alkyl halides is 1. The van der Waals surface area contributed by atoms with Crippen molar-refractivity contribution in [3.05, 3.63) is 12.5 Å². The molecule has 0 bridgehead atoms. The van der Waals surface area contributed by atoms with E-state index in [1.165, 1.54) is 0 Å². The van der Waals surface area contributed by atoms with Crippen LogP contribution in [0.25, 0.3) is 0 Å². The van der Waals surface area contributed by atoms with Crippen molar-refractivity contribution in [1.29, 1.82) is 0 Å². The van der Waals surface area contributed by atoms with E-state index in [1.807, 2.05) is 6.92 Å². The van der Waals surface area contributed by atoms with Crippen LogP contribution in [-0.2, 0) is 4.84 Å². The molecular weight excluding hydrogens is 219 g/mol. The van der Waals surface area contributed by atoms with E-state index in [0.29, 0.717) is 0 Å². The second-order valence-electron chi connectivity index (χ2n) is 1.67. The number of hydrogen-bond donors (Lipinski definition) is 2. The van der Waals surface area contributed by atoms with Crippen molar-refractivity contribution >= 4 is 22.6 Å². The molecule has 0 spiro atoms. The number of nitrogens with one attached hydrogen (secondary N) is 2. The fraction of sp³-hybridized carbons (Fsp3) is 0.500. The highest BCUT2D eigenvalue weighted by Gasteiger charge is 2.18. The summed E-state index contributed by atoms with van der Waals surface area (Å²) >= 11 is 2.19. The summed E-state index contributed by atoms with van der Waals surface area (Å²) in [4.78, 5) is 4.78. The van der Waals surface area contributed by atoms with Gasteiger partial charge in [0.25, 0.3) is 0 Å². The molecule has 1 atom stereocenters. The Balaban J connectivity index is 2.50. The van der Waals surface area contributed by atoms with Gasteiger partial charge in [-0.1, -0.05) is 0 Å². The lowest BCUT2D eigenvalue weighted by molar-refractivity contribution is 0.0745. The molecule has 1 aliphatic rings. The molecule has 4 heteroatoms. The number of hydroxylamine groups is 1. The first kappa shape index (κ1) is 6.15. The fourth-order valence-electron chi connectivity index (χ4n) is 0.399. The maximum absolute atomic E-state index is 4.78. The molecule has 0 saturated carbocycles. The summed E-state index contributed by atoms with van der Waals surface area (Å²) in [5.74, 6) is 0. The van der Waals surface area contributed by atoms with E-state index >= 15 is 0 Å². The first-order chi connectivity index (χ1) is 3.71. The lowest BCUT2D eigenvalue weighted by Crippen LogP contribution is -2.48. The molecule has 0 fully saturated rings. The van der Waals surface area contributed by atoms with E-state index < -0.39 is 0 Å². The third-order valence-electron chi connectivity index (χ3n) is 0.741. The Morgan fingerprint density at radius 3 is 2.75 bits per heavy atom. The van der Waals surface area contributed by atoms with E-state index in [9.17, 15) is 0 Å². The Morgan fingerprint density at radius 1 is 1.75 bits per heavy atom. The first-order valence-electron chi connectivity index (χ1n) is 2.25. The third kappa shape index (κ3) is 1.52. The van der Waals surface area contributed by atoms with Gasteiger partial charge in [-0.2, -0.15) is 0 Å². The van der Waals surface area contributed by atoms with E-state index in [-0.39, 0.29) is 3.67 Å². The minimum atomic E-state index is -0.160. The van der Waals surface area contributed by atoms with Crippen LogP contribution < -0.4 is 10.8 Å². The first-order valence-corrected chi connectivity index (χ1v) is 3.33. The molecule has 0 saturated heterocycles. The Hall–Kier alpha value is 0.0300. The summed E-state index contributed by atoms with van der Waals surface area (Å²) in [6, 6.07) is 0. The van der Waals surface area contributed by atoms with Crippen LogP contribution in [0, 0.1) is 0 Å². The third-order valence-corrected chi connectivity index (χ3v) is 1.27. The molecule has 0 aliphatic carbocycles. The monoisotopic (exact) mass is 226 g/mol. The lowest BCUT2D eigenvalue weighted by atomic mass is 10.6. The van der Waals surface area contributed by atoms with Crippen molar-refractivity contribution in [2.24, 2.45) is 0 Å². The van der Waals surface area contributed by atoms with Crippen LogP contribution >= 0.6 is 22.6 Å². The van der Waals surface area contributed by atoms with Crippen LogP contribution in [-0.4, -0.2) is 3.67 Å². The second-order valence-corrected chi connectivity index (χ2v) is 3.83. The van der Waals surface area contributed by atoms with Gasteiger partial charge in [0.15, 0.2) is 3.67 Å². The van der Waals surface area contributed by atoms with Gasteiger partial charge in [-0.15, -0.1) is 5.48 Å². The van der Waals surface area contributed by atoms with Crippen LogP contribution in [0.5, 0.6) is 0 Å². The van der Waals surface area contributed by atoms with Gasteiger partial charge in [-0.3, -0.25) is 0 Å². The predicted molar refractivity (Wildman–Crippen MR) is 38.9 cm³/mol. The fourth-order valence-corrected chi connectivity index (χ4v) is 0.706. The predicted octanol–water partition coefficient (Wildman–Crippen LogP) is 0.691. The highest BCUT2D eigenvalue weighted by atomic mass is 127. The van der Waals surface area contributed by atoms with Gasteiger partial charge in [-0.05, 0) is 29.5 Å². The van der Waals surface area contributed by atoms with Crippen LogP contribution in [0.15, 0.2) is 12.5 Å². The molecule has 46 valence electrons. The van der Waals surface area contributed by atoms with Crippen molar-refractivity contribution in [3.63, 3.8) is 0 Å². The van der Waals surface area contributed by atoms with Gasteiger partial charge in [0, 0.05) is 6.20 Å². The molecular formula is C4H7IN2O. The zero-order chi connectivity index (χ0) is 6.04. The zero-order valence-corrected chi connectivity index (χ0v) is 6.60. The summed E-state index contributed by atoms with van der Waals surface area (Å²) < 4.78 is -0.160. The molecule has 2 N–H and O–H groups in total. The molecule has 3 nitrogen and oxygen atoms in total. The molecule has 0 aromatic rings. The van der Waals surface area contributed by atoms with Gasteiger partial charge in [-0.25, -0.2) is 0 Å². The van der Waals surface area contributed by atoms with Crippen LogP contribution in [0.3, 0.4) is 0 Å². The van der Waals surface area contributed by atoms with Crippen molar-refractivity contribution in [2.45, 2.75) is 10.6 Å². The molecule has 1 rings (SSSR count). The molecule has 1 aliphatic heterocycles. The van der Waals surface area contributed by atoms with E-state index in [4.69, 9.17) is 4.84 Å². The summed E-state index contributed by atoms with van der Waals surface area (Å²) in [6.07, 6.45) is 3.31. The Bertz CT molecular complexity index is 113. The van der Waals surface area contributed by atoms with Gasteiger partial charge in [0.2, 0.25) is 0 Å². The topological polar surface area (TPSA) is 33.3 Å². The van der Waals surface area contributed by atoms with Crippen molar-refractivity contribution < 1.29 is 4.84 Å². The highest BCUT2D eigenvalue weighted by Crippen LogP contribution is 2.11. The average Bonchev–Trinajstić information content (AvgIpc) is 1.65. The van der Waals surface area contributed by atoms with Gasteiger partial charge in [0.1, 0.15) is 6.26 Å². The molecule has 0 radical (unpaired) electrons. The van der Waals surface area contributed by atoms with Crippen molar-refractivity contribution in [2.75, 3.05) is 0 Å². The number of halogens is 1. The summed E-state index contributed by atoms with van der Waals surface area (Å²) in [7, 11) is 0. The zero-order valence-electron chi connectivity index (χ0n) is 4.44. The van der Waals surface area contributed by atoms with Crippen LogP contribution in [0.4, 0.5) is 0 Å². The molecule has 8 heavy (non-hydrogen) atoms. The Morgan fingerprint density at radius 2 is 2.50 bits per heavy atom. The van der Waals surface area contributed by atoms with Crippen molar-refractivity contribution in [1.82, 2.24) is 10.8 Å². The maximum atomic E-state index is 4.78. The highest BCUT2D eigenvalue weighted by molar-refractivity contribution is 14.1. The van der Waals surface area contributed by atoms with E-state index in [2.05, 4.69) is 33.4 Å². The standard InChI is InChI=1S/C4H7IN2O/c1-4(5)6-2-3-8-7-4/h2-3,6-7H,1H3. The van der Waals surface area contributed by atoms with Crippen molar-refractivity contribution in [3.8, 4) is 0 Å². The lowest BCUT2D eigenvalue weighted by Gasteiger charge is -2.26. The molecule has 1 heterocycles. The van der Waals surface area contributed by atoms with Gasteiger partial charge < -0.3 is 10.2 Å². The van der Waals surface area contributed by atoms with E-state index in [1.54, 1.807) is 12.5 Å². The van der Waals surface area contributed by atoms with Crippen LogP contribution in [0.2, 0.25) is 0 Å². The SMILES string of the molecule is CC1(I)NC=CON1. The quantitative estimate of drug-likeness (QED) is 0.362. The number of hydrogen-bond acceptors (Lipinski definition) is 3. The summed E-state index contributed by atoms with van der Waals surface area (Å²) in [6.45, 7) is 1.97. The van der Waals surface area contributed by atoms with Gasteiger partial charge in [0.05, 0.1) is 0 Å². The summed E-state index contributed by atoms with van der Waals surface area (Å²) in [5, 5.41) is 3.03. The smallest absolute Gasteiger partial charge is 0.170 e. The van der Waals surface area contributed by atoms with E-state index in [0.717, 1.165) is 0 Å². The summed E-state index contributed by atoms with van der Waals surface area (Å²) in [5.41, 5.74) is 2.75. The Kier molecular flexibility index (Phi) is 1.62. The average molecular weight is 226 g/mol. The second kappa shape index (κ2) is 2.10.